The van der Waals surface area contributed by atoms with Crippen molar-refractivity contribution in [2.75, 3.05) is 31.6 Å². The third-order valence-electron chi connectivity index (χ3n) is 5.71. The molecule has 2 heterocycles. The molecule has 0 unspecified atom stereocenters. The van der Waals surface area contributed by atoms with Gasteiger partial charge < -0.3 is 20.3 Å². The van der Waals surface area contributed by atoms with Crippen molar-refractivity contribution in [2.45, 2.75) is 38.6 Å². The van der Waals surface area contributed by atoms with Crippen LogP contribution in [0, 0.1) is 0 Å². The number of hydrogen-bond donors (Lipinski definition) is 2. The van der Waals surface area contributed by atoms with E-state index in [4.69, 9.17) is 4.74 Å². The lowest BCUT2D eigenvalue weighted by Gasteiger charge is -2.26. The van der Waals surface area contributed by atoms with E-state index in [0.29, 0.717) is 13.0 Å². The Labute approximate surface area is 201 Å². The number of ether oxygens (including phenoxy) is 1. The fourth-order valence-corrected chi connectivity index (χ4v) is 4.00. The number of fused-ring (bicyclic) bond motifs is 1. The first-order chi connectivity index (χ1) is 14.7. The summed E-state index contributed by atoms with van der Waals surface area (Å²) in [6.07, 6.45) is 4.68. The maximum absolute atomic E-state index is 12.1. The predicted molar refractivity (Wildman–Crippen MR) is 136 cm³/mol. The number of rotatable bonds is 6. The first-order valence-electron chi connectivity index (χ1n) is 10.8. The van der Waals surface area contributed by atoms with Crippen molar-refractivity contribution in [3.8, 4) is 5.75 Å². The van der Waals surface area contributed by atoms with Crippen molar-refractivity contribution in [3.63, 3.8) is 0 Å². The highest BCUT2D eigenvalue weighted by molar-refractivity contribution is 14.0. The molecule has 2 N–H and O–H groups in total. The van der Waals surface area contributed by atoms with E-state index in [1.54, 1.807) is 7.05 Å². The Morgan fingerprint density at radius 3 is 2.65 bits per heavy atom. The van der Waals surface area contributed by atoms with E-state index >= 15 is 0 Å². The average Bonchev–Trinajstić information content (AvgIpc) is 3.25. The number of nitrogens with zero attached hydrogens (tertiary/aromatic N) is 2. The minimum atomic E-state index is 0. The third-order valence-corrected chi connectivity index (χ3v) is 5.71. The number of guanidine groups is 1. The number of hydrogen-bond acceptors (Lipinski definition) is 3. The fourth-order valence-electron chi connectivity index (χ4n) is 4.00. The molecule has 31 heavy (non-hydrogen) atoms. The Hall–Kier alpha value is -2.29. The van der Waals surface area contributed by atoms with Crippen molar-refractivity contribution in [3.05, 3.63) is 59.2 Å². The van der Waals surface area contributed by atoms with Gasteiger partial charge in [-0.25, -0.2) is 0 Å². The zero-order valence-electron chi connectivity index (χ0n) is 18.0. The van der Waals surface area contributed by atoms with E-state index in [1.165, 1.54) is 11.1 Å². The van der Waals surface area contributed by atoms with Gasteiger partial charge in [-0.15, -0.1) is 24.0 Å². The van der Waals surface area contributed by atoms with Crippen LogP contribution in [0.3, 0.4) is 0 Å². The quantitative estimate of drug-likeness (QED) is 0.338. The molecule has 2 aromatic carbocycles. The summed E-state index contributed by atoms with van der Waals surface area (Å²) in [5.41, 5.74) is 4.77. The van der Waals surface area contributed by atoms with Crippen LogP contribution in [0.2, 0.25) is 0 Å². The summed E-state index contributed by atoms with van der Waals surface area (Å²) in [5, 5.41) is 6.74. The second-order valence-corrected chi connectivity index (χ2v) is 7.81. The molecule has 0 aliphatic carbocycles. The maximum Gasteiger partial charge on any atom is 0.226 e. The first kappa shape index (κ1) is 23.4. The molecular weight excluding hydrogens is 503 g/mol. The fraction of sp³-hybridized carbons (Fsp3) is 0.417. The highest BCUT2D eigenvalue weighted by atomic mass is 127. The molecule has 0 saturated carbocycles. The minimum Gasteiger partial charge on any atom is -0.493 e. The Kier molecular flexibility index (Phi) is 8.57. The van der Waals surface area contributed by atoms with Crippen LogP contribution in [0.1, 0.15) is 36.0 Å². The molecule has 1 fully saturated rings. The molecule has 1 saturated heterocycles. The van der Waals surface area contributed by atoms with Gasteiger partial charge in [0.05, 0.1) is 6.61 Å². The van der Waals surface area contributed by atoms with Crippen LogP contribution in [0.5, 0.6) is 5.75 Å². The summed E-state index contributed by atoms with van der Waals surface area (Å²) < 4.78 is 5.57. The van der Waals surface area contributed by atoms with Crippen LogP contribution in [-0.2, 0) is 24.2 Å². The number of amides is 1. The van der Waals surface area contributed by atoms with Crippen LogP contribution in [0.25, 0.3) is 0 Å². The molecule has 0 spiro atoms. The predicted octanol–water partition coefficient (Wildman–Crippen LogP) is 3.66. The van der Waals surface area contributed by atoms with Crippen LogP contribution >= 0.6 is 24.0 Å². The average molecular weight is 534 g/mol. The van der Waals surface area contributed by atoms with Gasteiger partial charge in [-0.2, -0.15) is 0 Å². The maximum atomic E-state index is 12.1. The van der Waals surface area contributed by atoms with Crippen molar-refractivity contribution < 1.29 is 9.53 Å². The molecule has 0 atom stereocenters. The van der Waals surface area contributed by atoms with E-state index < -0.39 is 0 Å². The summed E-state index contributed by atoms with van der Waals surface area (Å²) in [6, 6.07) is 14.7. The number of nitrogens with one attached hydrogen (secondary N) is 2. The standard InChI is InChI=1S/C24H30N4O2.HI/c1-25-24(26-13-11-18-7-10-22-20(16-18)12-15-30-22)27-17-19-5-8-21(9-6-19)28-14-3-2-4-23(28)29;/h5-10,16H,2-4,11-15,17H2,1H3,(H2,25,26,27);1H. The Morgan fingerprint density at radius 2 is 1.87 bits per heavy atom. The lowest BCUT2D eigenvalue weighted by molar-refractivity contribution is -0.119. The van der Waals surface area contributed by atoms with Crippen LogP contribution in [0.15, 0.2) is 47.5 Å². The molecule has 1 amide bonds. The molecule has 2 aliphatic heterocycles. The van der Waals surface area contributed by atoms with Gasteiger partial charge in [0.1, 0.15) is 5.75 Å². The zero-order chi connectivity index (χ0) is 20.8. The number of carbonyl (C=O) groups excluding carboxylic acids is 1. The summed E-state index contributed by atoms with van der Waals surface area (Å²) in [5.74, 6) is 2.04. The summed E-state index contributed by atoms with van der Waals surface area (Å²) in [7, 11) is 1.78. The second kappa shape index (κ2) is 11.4. The number of anilines is 1. The van der Waals surface area contributed by atoms with E-state index in [1.807, 2.05) is 17.0 Å². The van der Waals surface area contributed by atoms with Gasteiger partial charge in [0.2, 0.25) is 5.91 Å². The van der Waals surface area contributed by atoms with Gasteiger partial charge in [-0.1, -0.05) is 24.3 Å². The van der Waals surface area contributed by atoms with Gasteiger partial charge in [0.25, 0.3) is 0 Å². The van der Waals surface area contributed by atoms with Gasteiger partial charge in [0, 0.05) is 45.2 Å². The number of carbonyl (C=O) groups is 1. The molecule has 0 bridgehead atoms. The minimum absolute atomic E-state index is 0. The Balaban J connectivity index is 0.00000272. The normalized spacial score (nSPS) is 15.7. The molecule has 0 radical (unpaired) electrons. The SMILES string of the molecule is CN=C(NCCc1ccc2c(c1)CCO2)NCc1ccc(N2CCCCC2=O)cc1.I. The first-order valence-corrected chi connectivity index (χ1v) is 10.8. The third kappa shape index (κ3) is 6.12. The van der Waals surface area contributed by atoms with Crippen molar-refractivity contribution in [2.24, 2.45) is 4.99 Å². The van der Waals surface area contributed by atoms with E-state index in [-0.39, 0.29) is 29.9 Å². The van der Waals surface area contributed by atoms with Crippen LogP contribution in [0.4, 0.5) is 5.69 Å². The largest absolute Gasteiger partial charge is 0.493 e. The number of benzene rings is 2. The van der Waals surface area contributed by atoms with Crippen LogP contribution < -0.4 is 20.3 Å². The molecule has 0 aromatic heterocycles. The molecule has 7 heteroatoms. The summed E-state index contributed by atoms with van der Waals surface area (Å²) >= 11 is 0. The van der Waals surface area contributed by atoms with E-state index in [9.17, 15) is 4.79 Å². The Bertz CT molecular complexity index is 914. The summed E-state index contributed by atoms with van der Waals surface area (Å²) in [6.45, 7) is 3.12. The van der Waals surface area contributed by atoms with Gasteiger partial charge in [-0.05, 0) is 54.2 Å². The van der Waals surface area contributed by atoms with Gasteiger partial charge in [-0.3, -0.25) is 9.79 Å². The van der Waals surface area contributed by atoms with E-state index in [2.05, 4.69) is 46.0 Å². The van der Waals surface area contributed by atoms with Crippen molar-refractivity contribution >= 4 is 41.5 Å². The smallest absolute Gasteiger partial charge is 0.226 e. The highest BCUT2D eigenvalue weighted by Gasteiger charge is 2.19. The monoisotopic (exact) mass is 534 g/mol. The topological polar surface area (TPSA) is 66.0 Å². The number of halogens is 1. The number of piperidine rings is 1. The molecule has 166 valence electrons. The lowest BCUT2D eigenvalue weighted by Crippen LogP contribution is -2.38. The number of aliphatic imine (C=N–C) groups is 1. The molecule has 2 aliphatic rings. The zero-order valence-corrected chi connectivity index (χ0v) is 20.4. The highest BCUT2D eigenvalue weighted by Crippen LogP contribution is 2.26. The van der Waals surface area contributed by atoms with Crippen molar-refractivity contribution in [1.29, 1.82) is 0 Å². The molecular formula is C24H31IN4O2. The van der Waals surface area contributed by atoms with E-state index in [0.717, 1.165) is 68.3 Å². The van der Waals surface area contributed by atoms with Gasteiger partial charge in [0.15, 0.2) is 5.96 Å². The van der Waals surface area contributed by atoms with Gasteiger partial charge >= 0.3 is 0 Å². The molecule has 2 aromatic rings. The molecule has 4 rings (SSSR count). The lowest BCUT2D eigenvalue weighted by atomic mass is 10.1. The molecule has 6 nitrogen and oxygen atoms in total. The second-order valence-electron chi connectivity index (χ2n) is 7.81. The Morgan fingerprint density at radius 1 is 1.06 bits per heavy atom. The summed E-state index contributed by atoms with van der Waals surface area (Å²) in [4.78, 5) is 18.3. The van der Waals surface area contributed by atoms with Crippen LogP contribution in [-0.4, -0.2) is 38.6 Å². The van der Waals surface area contributed by atoms with Crippen molar-refractivity contribution in [1.82, 2.24) is 10.6 Å².